The number of hydrogen-bond acceptors (Lipinski definition) is 4. The van der Waals surface area contributed by atoms with Crippen molar-refractivity contribution in [2.45, 2.75) is 52.3 Å². The standard InChI is InChI=1S/C11H20N2O5/c1-6(8(14)12-7(2)9(15)16)13-10(17)18-11(3,4)5/h6-7H,1-5H3,(H,12,14)(H,13,17)(H,15,16)/t6-,7?/m0/s1. The molecule has 7 heteroatoms. The van der Waals surface area contributed by atoms with Gasteiger partial charge in [0, 0.05) is 0 Å². The Bertz CT molecular complexity index is 335. The van der Waals surface area contributed by atoms with E-state index in [9.17, 15) is 14.4 Å². The van der Waals surface area contributed by atoms with Gasteiger partial charge >= 0.3 is 12.1 Å². The van der Waals surface area contributed by atoms with E-state index < -0.39 is 35.7 Å². The first-order chi connectivity index (χ1) is 8.03. The van der Waals surface area contributed by atoms with Crippen LogP contribution in [0.5, 0.6) is 0 Å². The van der Waals surface area contributed by atoms with Gasteiger partial charge in [-0.2, -0.15) is 0 Å². The van der Waals surface area contributed by atoms with E-state index in [1.165, 1.54) is 13.8 Å². The number of rotatable bonds is 4. The van der Waals surface area contributed by atoms with Crippen LogP contribution >= 0.6 is 0 Å². The SMILES string of the molecule is CC(NC(=O)[C@H](C)NC(=O)OC(C)(C)C)C(=O)O. The van der Waals surface area contributed by atoms with Gasteiger partial charge in [0.05, 0.1) is 0 Å². The van der Waals surface area contributed by atoms with E-state index in [0.717, 1.165) is 0 Å². The highest BCUT2D eigenvalue weighted by molar-refractivity contribution is 5.88. The molecule has 0 spiro atoms. The minimum Gasteiger partial charge on any atom is -0.480 e. The van der Waals surface area contributed by atoms with Crippen molar-refractivity contribution in [3.63, 3.8) is 0 Å². The van der Waals surface area contributed by atoms with Crippen LogP contribution in [0.3, 0.4) is 0 Å². The minimum absolute atomic E-state index is 0.587. The summed E-state index contributed by atoms with van der Waals surface area (Å²) in [6, 6.07) is -1.89. The molecule has 2 amide bonds. The Morgan fingerprint density at radius 2 is 1.56 bits per heavy atom. The first-order valence-electron chi connectivity index (χ1n) is 5.55. The summed E-state index contributed by atoms with van der Waals surface area (Å²) >= 11 is 0. The molecule has 0 saturated heterocycles. The number of amides is 2. The second-order valence-electron chi connectivity index (χ2n) is 4.94. The Balaban J connectivity index is 4.24. The summed E-state index contributed by atoms with van der Waals surface area (Å²) in [4.78, 5) is 33.4. The third-order valence-corrected chi connectivity index (χ3v) is 1.86. The zero-order valence-corrected chi connectivity index (χ0v) is 11.2. The molecule has 0 rings (SSSR count). The van der Waals surface area contributed by atoms with Crippen molar-refractivity contribution < 1.29 is 24.2 Å². The molecule has 0 fully saturated rings. The van der Waals surface area contributed by atoms with Gasteiger partial charge in [-0.15, -0.1) is 0 Å². The molecule has 0 heterocycles. The molecule has 0 aliphatic rings. The van der Waals surface area contributed by atoms with Gasteiger partial charge in [-0.05, 0) is 34.6 Å². The lowest BCUT2D eigenvalue weighted by molar-refractivity contribution is -0.141. The molecule has 2 atom stereocenters. The van der Waals surface area contributed by atoms with Crippen LogP contribution < -0.4 is 10.6 Å². The first-order valence-corrected chi connectivity index (χ1v) is 5.55. The van der Waals surface area contributed by atoms with E-state index >= 15 is 0 Å². The average molecular weight is 260 g/mol. The molecular weight excluding hydrogens is 240 g/mol. The molecule has 0 aromatic rings. The Morgan fingerprint density at radius 3 is 1.94 bits per heavy atom. The summed E-state index contributed by atoms with van der Waals surface area (Å²) in [7, 11) is 0. The molecule has 18 heavy (non-hydrogen) atoms. The number of hydrogen-bond donors (Lipinski definition) is 3. The van der Waals surface area contributed by atoms with Crippen molar-refractivity contribution >= 4 is 18.0 Å². The molecule has 3 N–H and O–H groups in total. The van der Waals surface area contributed by atoms with Gasteiger partial charge in [-0.1, -0.05) is 0 Å². The summed E-state index contributed by atoms with van der Waals surface area (Å²) in [5.41, 5.74) is -0.658. The van der Waals surface area contributed by atoms with Crippen molar-refractivity contribution in [3.8, 4) is 0 Å². The topological polar surface area (TPSA) is 105 Å². The van der Waals surface area contributed by atoms with Crippen LogP contribution in [-0.4, -0.2) is 40.8 Å². The maximum Gasteiger partial charge on any atom is 0.408 e. The Kier molecular flexibility index (Phi) is 5.61. The lowest BCUT2D eigenvalue weighted by Gasteiger charge is -2.22. The maximum absolute atomic E-state index is 11.5. The van der Waals surface area contributed by atoms with E-state index in [-0.39, 0.29) is 0 Å². The van der Waals surface area contributed by atoms with Crippen LogP contribution in [0.25, 0.3) is 0 Å². The molecule has 0 bridgehead atoms. The van der Waals surface area contributed by atoms with Gasteiger partial charge in [-0.25, -0.2) is 4.79 Å². The zero-order chi connectivity index (χ0) is 14.5. The van der Waals surface area contributed by atoms with Gasteiger partial charge in [0.1, 0.15) is 17.7 Å². The van der Waals surface area contributed by atoms with Crippen LogP contribution in [0, 0.1) is 0 Å². The Labute approximate surface area is 106 Å². The van der Waals surface area contributed by atoms with E-state index in [0.29, 0.717) is 0 Å². The lowest BCUT2D eigenvalue weighted by Crippen LogP contribution is -2.50. The van der Waals surface area contributed by atoms with Gasteiger partial charge in [0.25, 0.3) is 0 Å². The molecule has 0 aliphatic heterocycles. The molecule has 7 nitrogen and oxygen atoms in total. The molecule has 0 radical (unpaired) electrons. The summed E-state index contributed by atoms with van der Waals surface area (Å²) in [5.74, 6) is -1.73. The quantitative estimate of drug-likeness (QED) is 0.682. The number of alkyl carbamates (subject to hydrolysis) is 1. The monoisotopic (exact) mass is 260 g/mol. The summed E-state index contributed by atoms with van der Waals surface area (Å²) in [6.45, 7) is 7.87. The third-order valence-electron chi connectivity index (χ3n) is 1.86. The van der Waals surface area contributed by atoms with Crippen molar-refractivity contribution in [2.24, 2.45) is 0 Å². The van der Waals surface area contributed by atoms with Crippen molar-refractivity contribution in [1.82, 2.24) is 10.6 Å². The number of aliphatic carboxylic acids is 1. The highest BCUT2D eigenvalue weighted by Crippen LogP contribution is 2.06. The van der Waals surface area contributed by atoms with Crippen molar-refractivity contribution in [3.05, 3.63) is 0 Å². The normalized spacial score (nSPS) is 14.3. The number of carboxylic acids is 1. The van der Waals surface area contributed by atoms with Crippen LogP contribution in [0.4, 0.5) is 4.79 Å². The van der Waals surface area contributed by atoms with E-state index in [1.54, 1.807) is 20.8 Å². The van der Waals surface area contributed by atoms with Gasteiger partial charge in [0.15, 0.2) is 0 Å². The Hall–Kier alpha value is -1.79. The Morgan fingerprint density at radius 1 is 1.06 bits per heavy atom. The highest BCUT2D eigenvalue weighted by atomic mass is 16.6. The summed E-state index contributed by atoms with van der Waals surface area (Å²) in [5, 5.41) is 13.2. The number of ether oxygens (including phenoxy) is 1. The van der Waals surface area contributed by atoms with Crippen LogP contribution in [0.1, 0.15) is 34.6 Å². The summed E-state index contributed by atoms with van der Waals surface area (Å²) in [6.07, 6.45) is -0.729. The maximum atomic E-state index is 11.5. The molecule has 0 aliphatic carbocycles. The molecule has 1 unspecified atom stereocenters. The molecule has 0 saturated carbocycles. The lowest BCUT2D eigenvalue weighted by atomic mass is 10.2. The van der Waals surface area contributed by atoms with Gasteiger partial charge in [0.2, 0.25) is 5.91 Å². The molecular formula is C11H20N2O5. The number of carboxylic acid groups (broad SMARTS) is 1. The number of carbonyl (C=O) groups is 3. The van der Waals surface area contributed by atoms with Crippen LogP contribution in [-0.2, 0) is 14.3 Å². The van der Waals surface area contributed by atoms with Crippen molar-refractivity contribution in [2.75, 3.05) is 0 Å². The van der Waals surface area contributed by atoms with Crippen LogP contribution in [0.2, 0.25) is 0 Å². The molecule has 0 aromatic carbocycles. The van der Waals surface area contributed by atoms with E-state index in [2.05, 4.69) is 10.6 Å². The second kappa shape index (κ2) is 6.23. The fourth-order valence-electron chi connectivity index (χ4n) is 0.950. The minimum atomic E-state index is -1.15. The van der Waals surface area contributed by atoms with Crippen molar-refractivity contribution in [1.29, 1.82) is 0 Å². The average Bonchev–Trinajstić information content (AvgIpc) is 2.13. The predicted octanol–water partition coefficient (Wildman–Crippen LogP) is 0.489. The van der Waals surface area contributed by atoms with Crippen LogP contribution in [0.15, 0.2) is 0 Å². The predicted molar refractivity (Wildman–Crippen MR) is 64.1 cm³/mol. The molecule has 0 aromatic heterocycles. The second-order valence-corrected chi connectivity index (χ2v) is 4.94. The zero-order valence-electron chi connectivity index (χ0n) is 11.2. The number of carbonyl (C=O) groups excluding carboxylic acids is 2. The largest absolute Gasteiger partial charge is 0.480 e. The van der Waals surface area contributed by atoms with E-state index in [4.69, 9.17) is 9.84 Å². The smallest absolute Gasteiger partial charge is 0.408 e. The third kappa shape index (κ3) is 6.72. The fourth-order valence-corrected chi connectivity index (χ4v) is 0.950. The number of nitrogens with one attached hydrogen (secondary N) is 2. The van der Waals surface area contributed by atoms with E-state index in [1.807, 2.05) is 0 Å². The van der Waals surface area contributed by atoms with Gasteiger partial charge in [-0.3, -0.25) is 9.59 Å². The fraction of sp³-hybridized carbons (Fsp3) is 0.727. The first kappa shape index (κ1) is 16.2. The summed E-state index contributed by atoms with van der Waals surface area (Å²) < 4.78 is 4.96. The highest BCUT2D eigenvalue weighted by Gasteiger charge is 2.23. The molecule has 104 valence electrons. The van der Waals surface area contributed by atoms with Gasteiger partial charge < -0.3 is 20.5 Å².